The van der Waals surface area contributed by atoms with Crippen molar-refractivity contribution in [1.82, 2.24) is 29.8 Å². The molecule has 1 fully saturated rings. The van der Waals surface area contributed by atoms with Crippen LogP contribution in [-0.4, -0.2) is 98.9 Å². The first kappa shape index (κ1) is 28.2. The van der Waals surface area contributed by atoms with Gasteiger partial charge in [0.1, 0.15) is 11.9 Å². The summed E-state index contributed by atoms with van der Waals surface area (Å²) in [5.74, 6) is 1.18. The Morgan fingerprint density at radius 1 is 1.18 bits per heavy atom. The molecular formula is C25H34ClN7O4S. The van der Waals surface area contributed by atoms with Crippen LogP contribution in [0.25, 0.3) is 0 Å². The van der Waals surface area contributed by atoms with Gasteiger partial charge in [-0.3, -0.25) is 9.80 Å². The topological polar surface area (TPSA) is 112 Å². The molecule has 4 amide bonds. The van der Waals surface area contributed by atoms with Gasteiger partial charge in [-0.1, -0.05) is 11.6 Å². The van der Waals surface area contributed by atoms with Crippen LogP contribution in [-0.2, 0) is 16.1 Å². The average Bonchev–Trinajstić information content (AvgIpc) is 3.43. The maximum atomic E-state index is 13.8. The number of anilines is 1. The molecule has 0 saturated carbocycles. The zero-order valence-corrected chi connectivity index (χ0v) is 23.6. The third-order valence-electron chi connectivity index (χ3n) is 6.73. The molecule has 0 bridgehead atoms. The fourth-order valence-corrected chi connectivity index (χ4v) is 5.83. The Morgan fingerprint density at radius 2 is 1.87 bits per heavy atom. The number of rotatable bonds is 9. The average molecular weight is 564 g/mol. The summed E-state index contributed by atoms with van der Waals surface area (Å²) in [6.45, 7) is 8.59. The third-order valence-corrected chi connectivity index (χ3v) is 8.33. The van der Waals surface area contributed by atoms with Crippen LogP contribution >= 0.6 is 23.4 Å². The normalized spacial score (nSPS) is 16.9. The van der Waals surface area contributed by atoms with E-state index in [-0.39, 0.29) is 11.9 Å². The lowest BCUT2D eigenvalue weighted by Gasteiger charge is -2.42. The predicted octanol–water partition coefficient (Wildman–Crippen LogP) is 3.04. The predicted molar refractivity (Wildman–Crippen MR) is 147 cm³/mol. The molecule has 1 saturated heterocycles. The van der Waals surface area contributed by atoms with Gasteiger partial charge in [0.25, 0.3) is 0 Å². The van der Waals surface area contributed by atoms with E-state index in [1.165, 1.54) is 0 Å². The number of amides is 4. The SMILES string of the molecule is COCCSC(C)(C)[C@@H](NC(=O)Nc1ccc(Cl)cc1)C(=O)N1CCN(N2Cc3cnc(C)n3C2=O)CC1. The number of hydrogen-bond donors (Lipinski definition) is 2. The molecule has 0 spiro atoms. The zero-order chi connectivity index (χ0) is 27.4. The number of carbonyl (C=O) groups is 3. The number of nitrogens with one attached hydrogen (secondary N) is 2. The molecule has 0 radical (unpaired) electrons. The van der Waals surface area contributed by atoms with Crippen LogP contribution in [0.5, 0.6) is 0 Å². The van der Waals surface area contributed by atoms with E-state index in [4.69, 9.17) is 16.3 Å². The van der Waals surface area contributed by atoms with Crippen molar-refractivity contribution in [3.05, 3.63) is 47.0 Å². The van der Waals surface area contributed by atoms with E-state index in [2.05, 4.69) is 15.6 Å². The van der Waals surface area contributed by atoms with Crippen LogP contribution < -0.4 is 10.6 Å². The van der Waals surface area contributed by atoms with Crippen molar-refractivity contribution in [3.8, 4) is 0 Å². The van der Waals surface area contributed by atoms with Crippen LogP contribution in [0, 0.1) is 6.92 Å². The second-order valence-corrected chi connectivity index (χ2v) is 11.9. The molecule has 3 heterocycles. The standard InChI is InChI=1S/C25H34ClN7O4S/c1-17-27-15-20-16-32(24(36)33(17)20)31-11-9-30(10-12-31)22(34)21(25(2,3)38-14-13-37-4)29-23(35)28-19-7-5-18(26)6-8-19/h5-8,15,21H,9-14,16H2,1-4H3,(H2,28,29,35)/t21-/m0/s1. The number of aryl methyl sites for hydroxylation is 1. The molecule has 4 rings (SSSR count). The minimum atomic E-state index is -0.786. The first-order valence-corrected chi connectivity index (χ1v) is 13.8. The molecule has 1 aromatic heterocycles. The van der Waals surface area contributed by atoms with Crippen LogP contribution in [0.15, 0.2) is 30.5 Å². The number of methoxy groups -OCH3 is 1. The number of hydrazine groups is 1. The van der Waals surface area contributed by atoms with Crippen molar-refractivity contribution >= 4 is 47.0 Å². The molecule has 2 aromatic rings. The fraction of sp³-hybridized carbons (Fsp3) is 0.520. The van der Waals surface area contributed by atoms with Crippen molar-refractivity contribution in [2.75, 3.05) is 51.0 Å². The smallest absolute Gasteiger partial charge is 0.344 e. The molecule has 13 heteroatoms. The van der Waals surface area contributed by atoms with Gasteiger partial charge in [-0.2, -0.15) is 11.8 Å². The highest BCUT2D eigenvalue weighted by molar-refractivity contribution is 8.00. The van der Waals surface area contributed by atoms with Crippen molar-refractivity contribution in [2.45, 2.75) is 38.1 Å². The van der Waals surface area contributed by atoms with Gasteiger partial charge >= 0.3 is 12.1 Å². The minimum Gasteiger partial charge on any atom is -0.384 e. The molecule has 38 heavy (non-hydrogen) atoms. The molecule has 11 nitrogen and oxygen atoms in total. The molecule has 1 aromatic carbocycles. The summed E-state index contributed by atoms with van der Waals surface area (Å²) < 4.78 is 6.20. The second-order valence-electron chi connectivity index (χ2n) is 9.73. The summed E-state index contributed by atoms with van der Waals surface area (Å²) in [6.07, 6.45) is 1.72. The van der Waals surface area contributed by atoms with E-state index in [1.54, 1.807) is 63.8 Å². The lowest BCUT2D eigenvalue weighted by molar-refractivity contribution is -0.137. The third kappa shape index (κ3) is 6.25. The van der Waals surface area contributed by atoms with E-state index in [0.29, 0.717) is 61.6 Å². The molecule has 2 aliphatic rings. The lowest BCUT2D eigenvalue weighted by Crippen LogP contribution is -2.62. The van der Waals surface area contributed by atoms with E-state index in [9.17, 15) is 14.4 Å². The first-order valence-electron chi connectivity index (χ1n) is 12.5. The van der Waals surface area contributed by atoms with Gasteiger partial charge in [0.2, 0.25) is 5.91 Å². The monoisotopic (exact) mass is 563 g/mol. The van der Waals surface area contributed by atoms with E-state index in [0.717, 1.165) is 5.69 Å². The lowest BCUT2D eigenvalue weighted by atomic mass is 10.0. The molecule has 2 N–H and O–H groups in total. The summed E-state index contributed by atoms with van der Waals surface area (Å²) in [7, 11) is 1.63. The number of imidazole rings is 1. The largest absolute Gasteiger partial charge is 0.384 e. The second kappa shape index (κ2) is 11.9. The minimum absolute atomic E-state index is 0.121. The Morgan fingerprint density at radius 3 is 2.50 bits per heavy atom. The van der Waals surface area contributed by atoms with E-state index in [1.807, 2.05) is 25.8 Å². The highest BCUT2D eigenvalue weighted by Crippen LogP contribution is 2.30. The quantitative estimate of drug-likeness (QED) is 0.451. The summed E-state index contributed by atoms with van der Waals surface area (Å²) in [6, 6.07) is 5.38. The summed E-state index contributed by atoms with van der Waals surface area (Å²) in [5, 5.41) is 9.95. The highest BCUT2D eigenvalue weighted by Gasteiger charge is 2.41. The first-order chi connectivity index (χ1) is 18.1. The van der Waals surface area contributed by atoms with E-state index < -0.39 is 16.8 Å². The Labute approximate surface area is 231 Å². The maximum absolute atomic E-state index is 13.8. The summed E-state index contributed by atoms with van der Waals surface area (Å²) in [4.78, 5) is 45.6. The van der Waals surface area contributed by atoms with Crippen molar-refractivity contribution in [1.29, 1.82) is 0 Å². The fourth-order valence-electron chi connectivity index (χ4n) is 4.60. The van der Waals surface area contributed by atoms with Gasteiger partial charge in [0, 0.05) is 54.5 Å². The number of ether oxygens (including phenoxy) is 1. The molecule has 0 aliphatic carbocycles. The van der Waals surface area contributed by atoms with Crippen LogP contribution in [0.1, 0.15) is 25.4 Å². The van der Waals surface area contributed by atoms with Gasteiger partial charge in [0.05, 0.1) is 25.0 Å². The van der Waals surface area contributed by atoms with Crippen LogP contribution in [0.2, 0.25) is 5.02 Å². The molecular weight excluding hydrogens is 530 g/mol. The number of benzene rings is 1. The van der Waals surface area contributed by atoms with Crippen molar-refractivity contribution in [2.24, 2.45) is 0 Å². The Balaban J connectivity index is 1.41. The number of thioether (sulfide) groups is 1. The molecule has 206 valence electrons. The highest BCUT2D eigenvalue weighted by atomic mass is 35.5. The van der Waals surface area contributed by atoms with Gasteiger partial charge in [0.15, 0.2) is 0 Å². The maximum Gasteiger partial charge on any atom is 0.344 e. The Kier molecular flexibility index (Phi) is 8.86. The number of fused-ring (bicyclic) bond motifs is 1. The number of halogens is 1. The van der Waals surface area contributed by atoms with Gasteiger partial charge < -0.3 is 20.3 Å². The number of carbonyl (C=O) groups excluding carboxylic acids is 3. The number of hydrogen-bond acceptors (Lipinski definition) is 7. The number of nitrogens with zero attached hydrogens (tertiary/aromatic N) is 5. The van der Waals surface area contributed by atoms with Crippen LogP contribution in [0.4, 0.5) is 15.3 Å². The number of piperazine rings is 1. The van der Waals surface area contributed by atoms with Crippen LogP contribution in [0.3, 0.4) is 0 Å². The Hall–Kier alpha value is -2.80. The molecule has 0 unspecified atom stereocenters. The van der Waals surface area contributed by atoms with Gasteiger partial charge in [-0.05, 0) is 45.0 Å². The van der Waals surface area contributed by atoms with Gasteiger partial charge in [-0.25, -0.2) is 24.1 Å². The van der Waals surface area contributed by atoms with E-state index >= 15 is 0 Å². The Bertz CT molecular complexity index is 1160. The van der Waals surface area contributed by atoms with Crippen molar-refractivity contribution in [3.63, 3.8) is 0 Å². The summed E-state index contributed by atoms with van der Waals surface area (Å²) >= 11 is 7.51. The summed E-state index contributed by atoms with van der Waals surface area (Å²) in [5.41, 5.74) is 1.43. The zero-order valence-electron chi connectivity index (χ0n) is 22.1. The van der Waals surface area contributed by atoms with Gasteiger partial charge in [-0.15, -0.1) is 0 Å². The molecule has 1 atom stereocenters. The molecule has 2 aliphatic heterocycles. The number of aromatic nitrogens is 2. The number of urea groups is 1. The van der Waals surface area contributed by atoms with Crippen molar-refractivity contribution < 1.29 is 19.1 Å².